The molecule has 0 aliphatic rings. The third kappa shape index (κ3) is 2.95. The minimum absolute atomic E-state index is 0.624. The smallest absolute Gasteiger partial charge is 0.129 e. The highest BCUT2D eigenvalue weighted by atomic mass is 15.0. The molecular formula is C13H17N5. The molecule has 2 aromatic rings. The molecule has 1 aromatic heterocycles. The highest BCUT2D eigenvalue weighted by Crippen LogP contribution is 2.20. The minimum atomic E-state index is 0.624. The first-order valence-corrected chi connectivity index (χ1v) is 5.87. The first-order valence-electron chi connectivity index (χ1n) is 5.87. The monoisotopic (exact) mass is 243 g/mol. The summed E-state index contributed by atoms with van der Waals surface area (Å²) in [6.45, 7) is 1.40. The van der Waals surface area contributed by atoms with Crippen molar-refractivity contribution in [3.63, 3.8) is 0 Å². The van der Waals surface area contributed by atoms with E-state index >= 15 is 0 Å². The average molecular weight is 243 g/mol. The van der Waals surface area contributed by atoms with Crippen LogP contribution >= 0.6 is 0 Å². The van der Waals surface area contributed by atoms with Crippen LogP contribution in [-0.2, 0) is 0 Å². The number of nitrogens with two attached hydrogens (primary N) is 1. The molecule has 0 bridgehead atoms. The number of benzene rings is 1. The summed E-state index contributed by atoms with van der Waals surface area (Å²) in [4.78, 5) is 8.35. The summed E-state index contributed by atoms with van der Waals surface area (Å²) in [5.41, 5.74) is 8.47. The van der Waals surface area contributed by atoms with E-state index in [0.29, 0.717) is 6.54 Å². The van der Waals surface area contributed by atoms with Crippen LogP contribution in [0.5, 0.6) is 0 Å². The Hall–Kier alpha value is -2.14. The Bertz CT molecular complexity index is 495. The van der Waals surface area contributed by atoms with E-state index in [1.54, 1.807) is 6.33 Å². The van der Waals surface area contributed by atoms with E-state index in [1.807, 2.05) is 37.4 Å². The number of nitrogens with zero attached hydrogens (tertiary/aromatic N) is 2. The molecule has 0 aliphatic carbocycles. The Balaban J connectivity index is 2.17. The van der Waals surface area contributed by atoms with Crippen LogP contribution in [0.2, 0.25) is 0 Å². The van der Waals surface area contributed by atoms with Gasteiger partial charge in [0.05, 0.1) is 5.69 Å². The number of hydrogen-bond acceptors (Lipinski definition) is 5. The zero-order valence-electron chi connectivity index (χ0n) is 10.4. The number of nitrogens with one attached hydrogen (secondary N) is 2. The summed E-state index contributed by atoms with van der Waals surface area (Å²) in [5, 5.41) is 6.22. The third-order valence-corrected chi connectivity index (χ3v) is 2.58. The molecule has 0 saturated carbocycles. The molecule has 1 aromatic carbocycles. The summed E-state index contributed by atoms with van der Waals surface area (Å²) in [6, 6.07) is 10.0. The molecule has 0 radical (unpaired) electrons. The van der Waals surface area contributed by atoms with Gasteiger partial charge in [0.15, 0.2) is 0 Å². The van der Waals surface area contributed by atoms with Crippen LogP contribution in [0.15, 0.2) is 36.7 Å². The number of aromatic nitrogens is 2. The Morgan fingerprint density at radius 3 is 2.61 bits per heavy atom. The molecule has 94 valence electrons. The molecular weight excluding hydrogens is 226 g/mol. The molecule has 0 amide bonds. The van der Waals surface area contributed by atoms with Crippen molar-refractivity contribution < 1.29 is 0 Å². The van der Waals surface area contributed by atoms with Crippen LogP contribution in [0.4, 0.5) is 11.5 Å². The Morgan fingerprint density at radius 2 is 1.94 bits per heavy atom. The van der Waals surface area contributed by atoms with Gasteiger partial charge in [-0.05, 0) is 12.1 Å². The lowest BCUT2D eigenvalue weighted by atomic mass is 10.1. The van der Waals surface area contributed by atoms with Gasteiger partial charge in [-0.1, -0.05) is 12.1 Å². The normalized spacial score (nSPS) is 10.1. The first-order chi connectivity index (χ1) is 8.83. The average Bonchev–Trinajstić information content (AvgIpc) is 2.46. The third-order valence-electron chi connectivity index (χ3n) is 2.58. The zero-order valence-corrected chi connectivity index (χ0v) is 10.4. The van der Waals surface area contributed by atoms with Gasteiger partial charge in [-0.3, -0.25) is 0 Å². The van der Waals surface area contributed by atoms with Crippen molar-refractivity contribution in [1.29, 1.82) is 0 Å². The van der Waals surface area contributed by atoms with E-state index < -0.39 is 0 Å². The Kier molecular flexibility index (Phi) is 4.09. The Labute approximate surface area is 106 Å². The summed E-state index contributed by atoms with van der Waals surface area (Å²) in [6.07, 6.45) is 1.56. The second-order valence-electron chi connectivity index (χ2n) is 3.83. The standard InChI is InChI=1S/C13H17N5/c1-15-13-8-12(17-9-18-13)10-2-4-11(5-3-10)16-7-6-14/h2-5,8-9,16H,6-7,14H2,1H3,(H,15,17,18). The summed E-state index contributed by atoms with van der Waals surface area (Å²) in [5.74, 6) is 0.810. The first kappa shape index (κ1) is 12.3. The fraction of sp³-hybridized carbons (Fsp3) is 0.231. The molecule has 0 unspecified atom stereocenters. The molecule has 0 atom stereocenters. The van der Waals surface area contributed by atoms with Gasteiger partial charge in [-0.2, -0.15) is 0 Å². The highest BCUT2D eigenvalue weighted by Gasteiger charge is 2.01. The van der Waals surface area contributed by atoms with Crippen molar-refractivity contribution in [2.24, 2.45) is 5.73 Å². The molecule has 0 fully saturated rings. The van der Waals surface area contributed by atoms with Gasteiger partial charge in [0.25, 0.3) is 0 Å². The molecule has 5 nitrogen and oxygen atoms in total. The van der Waals surface area contributed by atoms with Crippen molar-refractivity contribution >= 4 is 11.5 Å². The van der Waals surface area contributed by atoms with E-state index in [2.05, 4.69) is 20.6 Å². The minimum Gasteiger partial charge on any atom is -0.384 e. The zero-order chi connectivity index (χ0) is 12.8. The van der Waals surface area contributed by atoms with E-state index in [1.165, 1.54) is 0 Å². The number of anilines is 2. The fourth-order valence-corrected chi connectivity index (χ4v) is 1.63. The summed E-state index contributed by atoms with van der Waals surface area (Å²) in [7, 11) is 1.84. The van der Waals surface area contributed by atoms with Crippen LogP contribution in [0, 0.1) is 0 Å². The Morgan fingerprint density at radius 1 is 1.17 bits per heavy atom. The molecule has 2 rings (SSSR count). The lowest BCUT2D eigenvalue weighted by Gasteiger charge is -2.06. The maximum Gasteiger partial charge on any atom is 0.129 e. The van der Waals surface area contributed by atoms with Crippen molar-refractivity contribution in [2.45, 2.75) is 0 Å². The summed E-state index contributed by atoms with van der Waals surface area (Å²) < 4.78 is 0. The molecule has 0 saturated heterocycles. The molecule has 4 N–H and O–H groups in total. The van der Waals surface area contributed by atoms with Crippen molar-refractivity contribution in [3.05, 3.63) is 36.7 Å². The predicted molar refractivity (Wildman–Crippen MR) is 74.6 cm³/mol. The second kappa shape index (κ2) is 5.97. The fourth-order valence-electron chi connectivity index (χ4n) is 1.63. The van der Waals surface area contributed by atoms with Crippen LogP contribution in [-0.4, -0.2) is 30.1 Å². The van der Waals surface area contributed by atoms with Gasteiger partial charge in [-0.25, -0.2) is 9.97 Å². The van der Waals surface area contributed by atoms with Gasteiger partial charge in [-0.15, -0.1) is 0 Å². The van der Waals surface area contributed by atoms with E-state index in [0.717, 1.165) is 29.3 Å². The number of hydrogen-bond donors (Lipinski definition) is 3. The second-order valence-corrected chi connectivity index (χ2v) is 3.83. The predicted octanol–water partition coefficient (Wildman–Crippen LogP) is 1.56. The topological polar surface area (TPSA) is 75.9 Å². The number of rotatable bonds is 5. The van der Waals surface area contributed by atoms with Crippen molar-refractivity contribution in [3.8, 4) is 11.3 Å². The molecule has 0 spiro atoms. The van der Waals surface area contributed by atoms with Gasteiger partial charge in [0.1, 0.15) is 12.1 Å². The van der Waals surface area contributed by atoms with Crippen LogP contribution in [0.1, 0.15) is 0 Å². The lowest BCUT2D eigenvalue weighted by molar-refractivity contribution is 1.02. The quantitative estimate of drug-likeness (QED) is 0.743. The maximum atomic E-state index is 5.44. The SMILES string of the molecule is CNc1cc(-c2ccc(NCCN)cc2)ncn1. The van der Waals surface area contributed by atoms with Gasteiger partial charge in [0, 0.05) is 37.5 Å². The largest absolute Gasteiger partial charge is 0.384 e. The molecule has 18 heavy (non-hydrogen) atoms. The maximum absolute atomic E-state index is 5.44. The van der Waals surface area contributed by atoms with Crippen molar-refractivity contribution in [1.82, 2.24) is 9.97 Å². The van der Waals surface area contributed by atoms with Gasteiger partial charge < -0.3 is 16.4 Å². The van der Waals surface area contributed by atoms with E-state index in [9.17, 15) is 0 Å². The van der Waals surface area contributed by atoms with Crippen molar-refractivity contribution in [2.75, 3.05) is 30.8 Å². The van der Waals surface area contributed by atoms with Crippen LogP contribution in [0.25, 0.3) is 11.3 Å². The van der Waals surface area contributed by atoms with Gasteiger partial charge >= 0.3 is 0 Å². The lowest BCUT2D eigenvalue weighted by Crippen LogP contribution is -2.12. The van der Waals surface area contributed by atoms with Crippen LogP contribution < -0.4 is 16.4 Å². The molecule has 1 heterocycles. The highest BCUT2D eigenvalue weighted by molar-refractivity contribution is 5.64. The van der Waals surface area contributed by atoms with Gasteiger partial charge in [0.2, 0.25) is 0 Å². The molecule has 0 aliphatic heterocycles. The van der Waals surface area contributed by atoms with E-state index in [4.69, 9.17) is 5.73 Å². The van der Waals surface area contributed by atoms with Crippen LogP contribution in [0.3, 0.4) is 0 Å². The summed E-state index contributed by atoms with van der Waals surface area (Å²) >= 11 is 0. The van der Waals surface area contributed by atoms with E-state index in [-0.39, 0.29) is 0 Å². The molecule has 5 heteroatoms.